The zero-order chi connectivity index (χ0) is 22.6. The van der Waals surface area contributed by atoms with Crippen molar-refractivity contribution in [3.8, 4) is 6.07 Å². The average molecular weight is 444 g/mol. The predicted molar refractivity (Wildman–Crippen MR) is 104 cm³/mol. The average Bonchev–Trinajstić information content (AvgIpc) is 3.39. The minimum Gasteiger partial charge on any atom is -0.444 e. The lowest BCUT2D eigenvalue weighted by atomic mass is 10.2. The number of ether oxygens (including phenoxy) is 1. The topological polar surface area (TPSA) is 104 Å². The Morgan fingerprint density at radius 3 is 2.53 bits per heavy atom. The first kappa shape index (κ1) is 23.8. The summed E-state index contributed by atoms with van der Waals surface area (Å²) in [6, 6.07) is 4.60. The van der Waals surface area contributed by atoms with E-state index in [0.29, 0.717) is 12.8 Å². The van der Waals surface area contributed by atoms with Crippen LogP contribution in [-0.4, -0.2) is 39.9 Å². The van der Waals surface area contributed by atoms with Gasteiger partial charge in [0.05, 0.1) is 11.8 Å². The first-order valence-electron chi connectivity index (χ1n) is 9.17. The first-order chi connectivity index (χ1) is 13.8. The zero-order valence-electron chi connectivity index (χ0n) is 16.8. The van der Waals surface area contributed by atoms with E-state index in [1.807, 2.05) is 6.07 Å². The number of hydrogen-bond donors (Lipinski definition) is 2. The van der Waals surface area contributed by atoms with E-state index in [9.17, 15) is 22.8 Å². The fourth-order valence-electron chi connectivity index (χ4n) is 2.34. The van der Waals surface area contributed by atoms with Gasteiger partial charge in [-0.15, -0.1) is 0 Å². The Kier molecular flexibility index (Phi) is 7.23. The number of alkyl halides is 3. The van der Waals surface area contributed by atoms with Crippen LogP contribution in [0.25, 0.3) is 0 Å². The molecular formula is C19H23F3N4O3S. The summed E-state index contributed by atoms with van der Waals surface area (Å²) in [6.07, 6.45) is -4.30. The lowest BCUT2D eigenvalue weighted by molar-refractivity contribution is -0.141. The van der Waals surface area contributed by atoms with Crippen LogP contribution < -0.4 is 10.6 Å². The number of nitrogens with one attached hydrogen (secondary N) is 2. The number of carbonyl (C=O) groups excluding carboxylic acids is 2. The number of alkyl carbamates (subject to hydrolysis) is 1. The smallest absolute Gasteiger partial charge is 0.433 e. The standard InChI is InChI=1S/C19H23F3N4O3S/c1-17(2,3)29-16(28)25-13(15(27)26-18(11-23)7-8-18)10-30-9-12-5-4-6-14(24-12)19(20,21)22/h4-6,13H,7-10H2,1-3H3,(H,25,28)(H,26,27)/t13-/m0/s1. The molecule has 1 heterocycles. The van der Waals surface area contributed by atoms with E-state index in [0.717, 1.165) is 17.8 Å². The highest BCUT2D eigenvalue weighted by molar-refractivity contribution is 7.98. The summed E-state index contributed by atoms with van der Waals surface area (Å²) in [5.74, 6) is -0.387. The molecule has 0 bridgehead atoms. The van der Waals surface area contributed by atoms with Crippen LogP contribution in [-0.2, 0) is 21.5 Å². The van der Waals surface area contributed by atoms with Crippen molar-refractivity contribution in [3.63, 3.8) is 0 Å². The van der Waals surface area contributed by atoms with Gasteiger partial charge in [-0.05, 0) is 45.7 Å². The number of thioether (sulfide) groups is 1. The summed E-state index contributed by atoms with van der Waals surface area (Å²) in [6.45, 7) is 5.01. The molecule has 1 aliphatic rings. The van der Waals surface area contributed by atoms with Crippen LogP contribution in [0, 0.1) is 11.3 Å². The van der Waals surface area contributed by atoms with Crippen molar-refractivity contribution in [2.24, 2.45) is 0 Å². The Morgan fingerprint density at radius 2 is 2.00 bits per heavy atom. The normalized spacial score (nSPS) is 16.2. The second-order valence-electron chi connectivity index (χ2n) is 7.91. The minimum atomic E-state index is -4.54. The number of nitriles is 1. The van der Waals surface area contributed by atoms with Crippen molar-refractivity contribution in [2.45, 2.75) is 62.7 Å². The van der Waals surface area contributed by atoms with Crippen LogP contribution in [0.1, 0.15) is 45.0 Å². The SMILES string of the molecule is CC(C)(C)OC(=O)N[C@@H](CSCc1cccc(C(F)(F)F)n1)C(=O)NC1(C#N)CC1. The molecule has 1 aliphatic carbocycles. The number of nitrogens with zero attached hydrogens (tertiary/aromatic N) is 2. The fourth-order valence-corrected chi connectivity index (χ4v) is 3.30. The van der Waals surface area contributed by atoms with Crippen LogP contribution in [0.2, 0.25) is 0 Å². The number of halogens is 3. The molecule has 1 saturated carbocycles. The number of aromatic nitrogens is 1. The van der Waals surface area contributed by atoms with E-state index in [-0.39, 0.29) is 17.2 Å². The van der Waals surface area contributed by atoms with Crippen LogP contribution in [0.3, 0.4) is 0 Å². The molecule has 0 spiro atoms. The van der Waals surface area contributed by atoms with Crippen molar-refractivity contribution < 1.29 is 27.5 Å². The van der Waals surface area contributed by atoms with Gasteiger partial charge < -0.3 is 15.4 Å². The Morgan fingerprint density at radius 1 is 1.33 bits per heavy atom. The van der Waals surface area contributed by atoms with Crippen molar-refractivity contribution in [1.82, 2.24) is 15.6 Å². The van der Waals surface area contributed by atoms with Crippen molar-refractivity contribution in [2.75, 3.05) is 5.75 Å². The third-order valence-electron chi connectivity index (χ3n) is 3.97. The molecular weight excluding hydrogens is 421 g/mol. The summed E-state index contributed by atoms with van der Waals surface area (Å²) < 4.78 is 43.5. The van der Waals surface area contributed by atoms with Crippen LogP contribution in [0.5, 0.6) is 0 Å². The van der Waals surface area contributed by atoms with Gasteiger partial charge >= 0.3 is 12.3 Å². The van der Waals surface area contributed by atoms with Crippen LogP contribution >= 0.6 is 11.8 Å². The molecule has 0 saturated heterocycles. The Hall–Kier alpha value is -2.48. The van der Waals surface area contributed by atoms with Gasteiger partial charge in [0.25, 0.3) is 0 Å². The third kappa shape index (κ3) is 7.40. The molecule has 1 aromatic rings. The molecule has 1 aromatic heterocycles. The largest absolute Gasteiger partial charge is 0.444 e. The predicted octanol–water partition coefficient (Wildman–Crippen LogP) is 3.40. The molecule has 2 amide bonds. The summed E-state index contributed by atoms with van der Waals surface area (Å²) in [7, 11) is 0. The van der Waals surface area contributed by atoms with Gasteiger partial charge in [-0.3, -0.25) is 4.79 Å². The maximum absolute atomic E-state index is 12.8. The van der Waals surface area contributed by atoms with Crippen LogP contribution in [0.4, 0.5) is 18.0 Å². The van der Waals surface area contributed by atoms with Gasteiger partial charge in [-0.25, -0.2) is 9.78 Å². The Labute approximate surface area is 176 Å². The lowest BCUT2D eigenvalue weighted by Gasteiger charge is -2.24. The van der Waals surface area contributed by atoms with Crippen molar-refractivity contribution >= 4 is 23.8 Å². The molecule has 1 fully saturated rings. The fraction of sp³-hybridized carbons (Fsp3) is 0.579. The van der Waals surface area contributed by atoms with Gasteiger partial charge in [0.15, 0.2) is 0 Å². The van der Waals surface area contributed by atoms with Gasteiger partial charge in [0, 0.05) is 11.5 Å². The molecule has 1 atom stereocenters. The highest BCUT2D eigenvalue weighted by Crippen LogP contribution is 2.34. The van der Waals surface area contributed by atoms with Gasteiger partial charge in [0.2, 0.25) is 5.91 Å². The quantitative estimate of drug-likeness (QED) is 0.668. The zero-order valence-corrected chi connectivity index (χ0v) is 17.6. The lowest BCUT2D eigenvalue weighted by Crippen LogP contribution is -2.52. The highest BCUT2D eigenvalue weighted by atomic mass is 32.2. The molecule has 7 nitrogen and oxygen atoms in total. The number of rotatable bonds is 7. The summed E-state index contributed by atoms with van der Waals surface area (Å²) in [5, 5.41) is 14.2. The van der Waals surface area contributed by atoms with E-state index in [1.54, 1.807) is 20.8 Å². The molecule has 164 valence electrons. The minimum absolute atomic E-state index is 0.0600. The van der Waals surface area contributed by atoms with E-state index in [1.165, 1.54) is 12.1 Å². The number of pyridine rings is 1. The second-order valence-corrected chi connectivity index (χ2v) is 8.94. The Balaban J connectivity index is 2.01. The van der Waals surface area contributed by atoms with E-state index in [2.05, 4.69) is 15.6 Å². The number of carbonyl (C=O) groups is 2. The summed E-state index contributed by atoms with van der Waals surface area (Å²) in [5.41, 5.74) is -2.49. The molecule has 11 heteroatoms. The monoisotopic (exact) mass is 444 g/mol. The van der Waals surface area contributed by atoms with Gasteiger partial charge in [-0.1, -0.05) is 6.07 Å². The molecule has 0 aliphatic heterocycles. The van der Waals surface area contributed by atoms with E-state index in [4.69, 9.17) is 10.00 Å². The summed E-state index contributed by atoms with van der Waals surface area (Å²) >= 11 is 1.13. The van der Waals surface area contributed by atoms with Gasteiger partial charge in [0.1, 0.15) is 22.9 Å². The van der Waals surface area contributed by atoms with Crippen molar-refractivity contribution in [1.29, 1.82) is 5.26 Å². The maximum atomic E-state index is 12.8. The van der Waals surface area contributed by atoms with E-state index < -0.39 is 41.1 Å². The highest BCUT2D eigenvalue weighted by Gasteiger charge is 2.45. The Bertz CT molecular complexity index is 830. The second kappa shape index (κ2) is 9.12. The van der Waals surface area contributed by atoms with Crippen LogP contribution in [0.15, 0.2) is 18.2 Å². The third-order valence-corrected chi connectivity index (χ3v) is 5.03. The first-order valence-corrected chi connectivity index (χ1v) is 10.3. The molecule has 0 radical (unpaired) electrons. The molecule has 2 N–H and O–H groups in total. The summed E-state index contributed by atoms with van der Waals surface area (Å²) in [4.78, 5) is 28.2. The molecule has 0 aromatic carbocycles. The number of hydrogen-bond acceptors (Lipinski definition) is 6. The van der Waals surface area contributed by atoms with Gasteiger partial charge in [-0.2, -0.15) is 30.2 Å². The maximum Gasteiger partial charge on any atom is 0.433 e. The van der Waals surface area contributed by atoms with E-state index >= 15 is 0 Å². The molecule has 30 heavy (non-hydrogen) atoms. The number of amides is 2. The van der Waals surface area contributed by atoms with Crippen molar-refractivity contribution in [3.05, 3.63) is 29.6 Å². The molecule has 2 rings (SSSR count). The molecule has 0 unspecified atom stereocenters.